The van der Waals surface area contributed by atoms with E-state index in [1.165, 1.54) is 30.7 Å². The van der Waals surface area contributed by atoms with Gasteiger partial charge in [0.05, 0.1) is 5.76 Å². The first kappa shape index (κ1) is 19.8. The van der Waals surface area contributed by atoms with E-state index in [1.54, 1.807) is 0 Å². The van der Waals surface area contributed by atoms with Gasteiger partial charge in [-0.05, 0) is 30.3 Å². The summed E-state index contributed by atoms with van der Waals surface area (Å²) in [7, 11) is 0. The molecule has 0 aliphatic rings. The van der Waals surface area contributed by atoms with E-state index in [0.717, 1.165) is 11.3 Å². The Morgan fingerprint density at radius 1 is 1.08 bits per heavy atom. The number of aromatic nitrogens is 1. The Kier molecular flexibility index (Phi) is 8.03. The summed E-state index contributed by atoms with van der Waals surface area (Å²) in [6, 6.07) is 21.4. The van der Waals surface area contributed by atoms with Gasteiger partial charge in [-0.2, -0.15) is 0 Å². The molecular weight excluding hydrogens is 478 g/mol. The Morgan fingerprint density at radius 3 is 2.29 bits per heavy atom. The number of pyridine rings is 1. The zero-order valence-electron chi connectivity index (χ0n) is 13.5. The van der Waals surface area contributed by atoms with E-state index in [9.17, 15) is 4.79 Å². The maximum Gasteiger partial charge on any atom is 0.155 e. The van der Waals surface area contributed by atoms with Crippen molar-refractivity contribution in [1.82, 2.24) is 4.98 Å². The molecule has 0 spiro atoms. The van der Waals surface area contributed by atoms with Crippen molar-refractivity contribution in [2.24, 2.45) is 0 Å². The number of carbonyl (C=O) groups excluding carboxylic acids is 1. The first-order chi connectivity index (χ1) is 11.1. The molecule has 1 N–H and O–H groups in total. The molecule has 3 nitrogen and oxygen atoms in total. The molecule has 0 saturated heterocycles. The largest absolute Gasteiger partial charge is 0.512 e. The summed E-state index contributed by atoms with van der Waals surface area (Å²) in [6.07, 6.45) is 3.07. The first-order valence-corrected chi connectivity index (χ1v) is 7.26. The van der Waals surface area contributed by atoms with Gasteiger partial charge in [-0.3, -0.25) is 4.79 Å². The number of hydrogen-bond donors (Lipinski definition) is 1. The van der Waals surface area contributed by atoms with E-state index in [2.05, 4.69) is 29.2 Å². The maximum atomic E-state index is 10.0. The number of nitrogens with zero attached hydrogens (tertiary/aromatic N) is 1. The van der Waals surface area contributed by atoms with Crippen molar-refractivity contribution in [2.75, 3.05) is 0 Å². The summed E-state index contributed by atoms with van der Waals surface area (Å²) in [5.41, 5.74) is 2.01. The van der Waals surface area contributed by atoms with Crippen LogP contribution in [0, 0.1) is 6.07 Å². The van der Waals surface area contributed by atoms with Crippen LogP contribution in [0.25, 0.3) is 22.0 Å². The fraction of sp³-hybridized carbons (Fsp3) is 0.100. The van der Waals surface area contributed by atoms with Gasteiger partial charge in [0.15, 0.2) is 5.78 Å². The SMILES string of the molecule is CC(=O)C=C(C)O.[Ir].[c-]1ccccc1-c1cc2ccccc2cn1. The molecule has 1 aromatic heterocycles. The number of rotatable bonds is 2. The van der Waals surface area contributed by atoms with Crippen molar-refractivity contribution < 1.29 is 30.0 Å². The number of fused-ring (bicyclic) bond motifs is 1. The average molecular weight is 497 g/mol. The maximum absolute atomic E-state index is 10.0. The fourth-order valence-corrected chi connectivity index (χ4v) is 2.08. The molecule has 0 unspecified atom stereocenters. The molecule has 0 bridgehead atoms. The predicted molar refractivity (Wildman–Crippen MR) is 93.1 cm³/mol. The van der Waals surface area contributed by atoms with Gasteiger partial charge in [0.25, 0.3) is 0 Å². The Hall–Kier alpha value is -2.29. The molecule has 0 aliphatic carbocycles. The van der Waals surface area contributed by atoms with Crippen molar-refractivity contribution in [3.8, 4) is 11.3 Å². The molecule has 3 rings (SSSR count). The molecule has 1 heterocycles. The molecule has 1 radical (unpaired) electrons. The molecule has 24 heavy (non-hydrogen) atoms. The van der Waals surface area contributed by atoms with Crippen LogP contribution in [0.1, 0.15) is 13.8 Å². The van der Waals surface area contributed by atoms with Gasteiger partial charge in [0.1, 0.15) is 0 Å². The third kappa shape index (κ3) is 6.07. The monoisotopic (exact) mass is 497 g/mol. The van der Waals surface area contributed by atoms with Crippen LogP contribution in [-0.4, -0.2) is 15.9 Å². The minimum Gasteiger partial charge on any atom is -0.512 e. The van der Waals surface area contributed by atoms with E-state index in [1.807, 2.05) is 42.6 Å². The summed E-state index contributed by atoms with van der Waals surface area (Å²) < 4.78 is 0. The summed E-state index contributed by atoms with van der Waals surface area (Å²) in [5.74, 6) is -0.0625. The van der Waals surface area contributed by atoms with Gasteiger partial charge >= 0.3 is 0 Å². The molecular formula is C20H18IrNO2-. The summed E-state index contributed by atoms with van der Waals surface area (Å²) in [5, 5.41) is 10.7. The zero-order chi connectivity index (χ0) is 16.7. The van der Waals surface area contributed by atoms with Crippen LogP contribution in [0.15, 0.2) is 72.6 Å². The van der Waals surface area contributed by atoms with Crippen LogP contribution in [-0.2, 0) is 24.9 Å². The Bertz CT molecular complexity index is 825. The molecule has 0 aliphatic heterocycles. The third-order valence-electron chi connectivity index (χ3n) is 3.03. The Labute approximate surface area is 155 Å². The van der Waals surface area contributed by atoms with Crippen molar-refractivity contribution in [2.45, 2.75) is 13.8 Å². The molecule has 0 saturated carbocycles. The summed E-state index contributed by atoms with van der Waals surface area (Å²) in [4.78, 5) is 14.5. The van der Waals surface area contributed by atoms with Crippen molar-refractivity contribution in [3.63, 3.8) is 0 Å². The smallest absolute Gasteiger partial charge is 0.155 e. The van der Waals surface area contributed by atoms with E-state index in [0.29, 0.717) is 0 Å². The third-order valence-corrected chi connectivity index (χ3v) is 3.03. The number of aliphatic hydroxyl groups excluding tert-OH is 1. The minimum atomic E-state index is -0.125. The standard InChI is InChI=1S/C15H10N.C5H8O2.Ir/c1-2-6-12(7-3-1)15-10-13-8-4-5-9-14(13)11-16-15;1-4(6)3-5(2)7;/h1-6,8-11H;3,6H,1-2H3;/q-1;;. The van der Waals surface area contributed by atoms with Crippen LogP contribution in [0.3, 0.4) is 0 Å². The molecule has 0 amide bonds. The Balaban J connectivity index is 0.000000312. The number of carbonyl (C=O) groups is 1. The van der Waals surface area contributed by atoms with Crippen LogP contribution < -0.4 is 0 Å². The normalized spacial score (nSPS) is 10.3. The molecule has 3 aromatic rings. The molecule has 4 heteroatoms. The molecule has 125 valence electrons. The minimum absolute atomic E-state index is 0. The fourth-order valence-electron chi connectivity index (χ4n) is 2.08. The topological polar surface area (TPSA) is 50.2 Å². The van der Waals surface area contributed by atoms with Crippen LogP contribution in [0.5, 0.6) is 0 Å². The number of ketones is 1. The van der Waals surface area contributed by atoms with Gasteiger partial charge in [0, 0.05) is 32.4 Å². The number of hydrogen-bond acceptors (Lipinski definition) is 3. The van der Waals surface area contributed by atoms with E-state index in [4.69, 9.17) is 5.11 Å². The van der Waals surface area contributed by atoms with Gasteiger partial charge in [-0.25, -0.2) is 0 Å². The van der Waals surface area contributed by atoms with E-state index >= 15 is 0 Å². The Morgan fingerprint density at radius 2 is 1.75 bits per heavy atom. The first-order valence-electron chi connectivity index (χ1n) is 7.26. The summed E-state index contributed by atoms with van der Waals surface area (Å²) >= 11 is 0. The van der Waals surface area contributed by atoms with Gasteiger partial charge < -0.3 is 10.1 Å². The van der Waals surface area contributed by atoms with Gasteiger partial charge in [0.2, 0.25) is 0 Å². The molecule has 0 atom stereocenters. The van der Waals surface area contributed by atoms with Gasteiger partial charge in [-0.1, -0.05) is 30.3 Å². The average Bonchev–Trinajstić information content (AvgIpc) is 2.54. The summed E-state index contributed by atoms with van der Waals surface area (Å²) in [6.45, 7) is 2.85. The van der Waals surface area contributed by atoms with Crippen molar-refractivity contribution in [3.05, 3.63) is 78.7 Å². The molecule has 0 fully saturated rings. The second kappa shape index (κ2) is 9.76. The zero-order valence-corrected chi connectivity index (χ0v) is 15.9. The van der Waals surface area contributed by atoms with Crippen LogP contribution in [0.2, 0.25) is 0 Å². The van der Waals surface area contributed by atoms with Crippen molar-refractivity contribution >= 4 is 16.6 Å². The van der Waals surface area contributed by atoms with Crippen LogP contribution in [0.4, 0.5) is 0 Å². The van der Waals surface area contributed by atoms with Crippen LogP contribution >= 0.6 is 0 Å². The second-order valence-electron chi connectivity index (χ2n) is 5.09. The van der Waals surface area contributed by atoms with Crippen molar-refractivity contribution in [1.29, 1.82) is 0 Å². The van der Waals surface area contributed by atoms with Gasteiger partial charge in [-0.15, -0.1) is 35.9 Å². The number of benzene rings is 2. The van der Waals surface area contributed by atoms with E-state index in [-0.39, 0.29) is 31.6 Å². The van der Waals surface area contributed by atoms with E-state index < -0.39 is 0 Å². The number of allylic oxidation sites excluding steroid dienone is 2. The number of aliphatic hydroxyl groups is 1. The quantitative estimate of drug-likeness (QED) is 0.317. The molecule has 2 aromatic carbocycles. The second-order valence-corrected chi connectivity index (χ2v) is 5.09. The predicted octanol–water partition coefficient (Wildman–Crippen LogP) is 4.74.